The van der Waals surface area contributed by atoms with Crippen LogP contribution in [0, 0.1) is 9.49 Å². The number of hydrogen-bond acceptors (Lipinski definition) is 3. The molecule has 0 aliphatic rings. The minimum atomic E-state index is 0.213. The first-order valence-corrected chi connectivity index (χ1v) is 7.63. The van der Waals surface area contributed by atoms with Gasteiger partial charge in [-0.1, -0.05) is 13.8 Å². The number of fused-ring (bicyclic) bond motifs is 1. The van der Waals surface area contributed by atoms with E-state index in [-0.39, 0.29) is 6.04 Å². The molecule has 0 bridgehead atoms. The maximum absolute atomic E-state index is 6.11. The molecular formula is C14H20IN3O. The first kappa shape index (κ1) is 14.6. The highest BCUT2D eigenvalue weighted by molar-refractivity contribution is 14.1. The maximum atomic E-state index is 6.11. The second-order valence-corrected chi connectivity index (χ2v) is 6.19. The Kier molecular flexibility index (Phi) is 4.67. The van der Waals surface area contributed by atoms with Crippen LogP contribution in [-0.4, -0.2) is 22.8 Å². The summed E-state index contributed by atoms with van der Waals surface area (Å²) >= 11 is 2.29. The number of hydrogen-bond donors (Lipinski definition) is 1. The lowest BCUT2D eigenvalue weighted by Gasteiger charge is -2.24. The smallest absolute Gasteiger partial charge is 0.201 e. The lowest BCUT2D eigenvalue weighted by molar-refractivity contribution is 0.0987. The molecule has 1 aromatic carbocycles. The van der Waals surface area contributed by atoms with Gasteiger partial charge in [-0.3, -0.25) is 0 Å². The van der Waals surface area contributed by atoms with Crippen LogP contribution >= 0.6 is 22.6 Å². The molecule has 0 spiro atoms. The molecule has 2 N–H and O–H groups in total. The van der Waals surface area contributed by atoms with Crippen LogP contribution in [0.25, 0.3) is 11.0 Å². The molecule has 0 aliphatic heterocycles. The molecule has 4 nitrogen and oxygen atoms in total. The molecule has 1 unspecified atom stereocenters. The van der Waals surface area contributed by atoms with Gasteiger partial charge in [-0.25, -0.2) is 4.98 Å². The summed E-state index contributed by atoms with van der Waals surface area (Å²) < 4.78 is 8.87. The van der Waals surface area contributed by atoms with E-state index in [0.717, 1.165) is 11.0 Å². The number of nitrogens with zero attached hydrogens (tertiary/aromatic N) is 2. The topological polar surface area (TPSA) is 53.1 Å². The number of rotatable bonds is 5. The Morgan fingerprint density at radius 3 is 2.79 bits per heavy atom. The summed E-state index contributed by atoms with van der Waals surface area (Å²) in [5.74, 6) is 1.00. The van der Waals surface area contributed by atoms with Crippen molar-refractivity contribution in [3.8, 4) is 0 Å². The fraction of sp³-hybridized carbons (Fsp3) is 0.500. The number of benzene rings is 1. The Balaban J connectivity index is 2.49. The van der Waals surface area contributed by atoms with E-state index in [4.69, 9.17) is 10.5 Å². The van der Waals surface area contributed by atoms with Gasteiger partial charge in [0.15, 0.2) is 0 Å². The number of ether oxygens (including phenoxy) is 1. The highest BCUT2D eigenvalue weighted by Crippen LogP contribution is 2.28. The van der Waals surface area contributed by atoms with E-state index in [1.54, 1.807) is 0 Å². The van der Waals surface area contributed by atoms with Crippen LogP contribution in [-0.2, 0) is 4.74 Å². The van der Waals surface area contributed by atoms with Crippen LogP contribution in [0.5, 0.6) is 0 Å². The van der Waals surface area contributed by atoms with Gasteiger partial charge in [0, 0.05) is 10.2 Å². The summed E-state index contributed by atoms with van der Waals surface area (Å²) in [7, 11) is 0. The van der Waals surface area contributed by atoms with Gasteiger partial charge in [-0.2, -0.15) is 0 Å². The van der Waals surface area contributed by atoms with Crippen molar-refractivity contribution in [3.05, 3.63) is 21.8 Å². The molecule has 2 aromatic rings. The van der Waals surface area contributed by atoms with Crippen molar-refractivity contribution in [1.82, 2.24) is 9.55 Å². The summed E-state index contributed by atoms with van der Waals surface area (Å²) in [5.41, 5.74) is 8.14. The van der Waals surface area contributed by atoms with Gasteiger partial charge in [0.2, 0.25) is 5.95 Å². The Hall–Kier alpha value is -0.820. The minimum absolute atomic E-state index is 0.213. The van der Waals surface area contributed by atoms with Crippen LogP contribution in [0.1, 0.15) is 26.8 Å². The average molecular weight is 373 g/mol. The van der Waals surface area contributed by atoms with Gasteiger partial charge < -0.3 is 15.0 Å². The molecule has 0 fully saturated rings. The third kappa shape index (κ3) is 3.02. The van der Waals surface area contributed by atoms with Crippen LogP contribution < -0.4 is 5.73 Å². The molecule has 1 aromatic heterocycles. The molecule has 1 atom stereocenters. The molecule has 0 radical (unpaired) electrons. The standard InChI is InChI=1S/C14H20IN3O/c1-4-19-8-13(9(2)3)18-12-6-5-10(15)7-11(12)17-14(18)16/h5-7,9,13H,4,8H2,1-3H3,(H2,16,17). The normalized spacial score (nSPS) is 13.3. The van der Waals surface area contributed by atoms with Crippen LogP contribution in [0.15, 0.2) is 18.2 Å². The Bertz CT molecular complexity index is 565. The first-order valence-electron chi connectivity index (χ1n) is 6.55. The van der Waals surface area contributed by atoms with Crippen molar-refractivity contribution < 1.29 is 4.74 Å². The van der Waals surface area contributed by atoms with Crippen molar-refractivity contribution in [1.29, 1.82) is 0 Å². The van der Waals surface area contributed by atoms with Gasteiger partial charge in [0.05, 0.1) is 23.7 Å². The molecule has 0 saturated carbocycles. The summed E-state index contributed by atoms with van der Waals surface area (Å²) in [6.45, 7) is 7.75. The fourth-order valence-corrected chi connectivity index (χ4v) is 2.72. The zero-order chi connectivity index (χ0) is 14.0. The molecule has 0 saturated heterocycles. The van der Waals surface area contributed by atoms with E-state index in [0.29, 0.717) is 25.1 Å². The lowest BCUT2D eigenvalue weighted by Crippen LogP contribution is -2.22. The number of halogens is 1. The molecule has 5 heteroatoms. The fourth-order valence-electron chi connectivity index (χ4n) is 2.24. The second kappa shape index (κ2) is 6.09. The SMILES string of the molecule is CCOCC(C(C)C)n1c(N)nc2cc(I)ccc21. The molecule has 0 amide bonds. The third-order valence-corrected chi connectivity index (χ3v) is 3.94. The van der Waals surface area contributed by atoms with E-state index >= 15 is 0 Å². The number of aromatic nitrogens is 2. The predicted molar refractivity (Wildman–Crippen MR) is 87.2 cm³/mol. The molecule has 104 valence electrons. The summed E-state index contributed by atoms with van der Waals surface area (Å²) in [6, 6.07) is 6.44. The Labute approximate surface area is 127 Å². The molecule has 0 aliphatic carbocycles. The zero-order valence-corrected chi connectivity index (χ0v) is 13.7. The number of nitrogen functional groups attached to an aromatic ring is 1. The molecular weight excluding hydrogens is 353 g/mol. The Morgan fingerprint density at radius 2 is 2.16 bits per heavy atom. The quantitative estimate of drug-likeness (QED) is 0.817. The molecule has 19 heavy (non-hydrogen) atoms. The average Bonchev–Trinajstić information content (AvgIpc) is 2.65. The van der Waals surface area contributed by atoms with Gasteiger partial charge in [0.25, 0.3) is 0 Å². The van der Waals surface area contributed by atoms with Crippen LogP contribution in [0.2, 0.25) is 0 Å². The van der Waals surface area contributed by atoms with Crippen LogP contribution in [0.4, 0.5) is 5.95 Å². The van der Waals surface area contributed by atoms with Crippen molar-refractivity contribution in [3.63, 3.8) is 0 Å². The van der Waals surface area contributed by atoms with Gasteiger partial charge in [-0.05, 0) is 53.6 Å². The summed E-state index contributed by atoms with van der Waals surface area (Å²) in [6.07, 6.45) is 0. The second-order valence-electron chi connectivity index (χ2n) is 4.94. The van der Waals surface area contributed by atoms with E-state index in [1.165, 1.54) is 3.57 Å². The summed E-state index contributed by atoms with van der Waals surface area (Å²) in [5, 5.41) is 0. The third-order valence-electron chi connectivity index (χ3n) is 3.27. The largest absolute Gasteiger partial charge is 0.380 e. The van der Waals surface area contributed by atoms with Crippen LogP contribution in [0.3, 0.4) is 0 Å². The number of imidazole rings is 1. The van der Waals surface area contributed by atoms with Gasteiger partial charge >= 0.3 is 0 Å². The first-order chi connectivity index (χ1) is 9.04. The van der Waals surface area contributed by atoms with E-state index in [1.807, 2.05) is 6.92 Å². The van der Waals surface area contributed by atoms with E-state index in [2.05, 4.69) is 64.2 Å². The van der Waals surface area contributed by atoms with Crippen molar-refractivity contribution in [2.24, 2.45) is 5.92 Å². The van der Waals surface area contributed by atoms with Crippen molar-refractivity contribution >= 4 is 39.6 Å². The zero-order valence-electron chi connectivity index (χ0n) is 11.6. The van der Waals surface area contributed by atoms with Gasteiger partial charge in [0.1, 0.15) is 0 Å². The Morgan fingerprint density at radius 1 is 1.42 bits per heavy atom. The van der Waals surface area contributed by atoms with Crippen molar-refractivity contribution in [2.75, 3.05) is 18.9 Å². The van der Waals surface area contributed by atoms with E-state index in [9.17, 15) is 0 Å². The molecule has 2 rings (SSSR count). The molecule has 1 heterocycles. The highest BCUT2D eigenvalue weighted by Gasteiger charge is 2.21. The number of anilines is 1. The van der Waals surface area contributed by atoms with E-state index < -0.39 is 0 Å². The minimum Gasteiger partial charge on any atom is -0.380 e. The predicted octanol–water partition coefficient (Wildman–Crippen LogP) is 3.46. The lowest BCUT2D eigenvalue weighted by atomic mass is 10.0. The number of nitrogens with two attached hydrogens (primary N) is 1. The maximum Gasteiger partial charge on any atom is 0.201 e. The van der Waals surface area contributed by atoms with Gasteiger partial charge in [-0.15, -0.1) is 0 Å². The highest BCUT2D eigenvalue weighted by atomic mass is 127. The van der Waals surface area contributed by atoms with Crippen molar-refractivity contribution in [2.45, 2.75) is 26.8 Å². The summed E-state index contributed by atoms with van der Waals surface area (Å²) in [4.78, 5) is 4.47. The monoisotopic (exact) mass is 373 g/mol.